The Morgan fingerprint density at radius 1 is 1.50 bits per heavy atom. The third-order valence-corrected chi connectivity index (χ3v) is 3.13. The molecule has 0 saturated heterocycles. The molecule has 2 N–H and O–H groups in total. The molecule has 1 aromatic carbocycles. The van der Waals surface area contributed by atoms with Gasteiger partial charge in [0.1, 0.15) is 11.6 Å². The first-order valence-electron chi connectivity index (χ1n) is 5.36. The highest BCUT2D eigenvalue weighted by Crippen LogP contribution is 2.24. The van der Waals surface area contributed by atoms with Gasteiger partial charge in [-0.05, 0) is 50.1 Å². The van der Waals surface area contributed by atoms with Gasteiger partial charge in [0.25, 0.3) is 0 Å². The van der Waals surface area contributed by atoms with Gasteiger partial charge in [-0.15, -0.1) is 0 Å². The topological polar surface area (TPSA) is 32.3 Å². The van der Waals surface area contributed by atoms with Gasteiger partial charge in [0, 0.05) is 11.6 Å². The number of hydrogen-bond acceptors (Lipinski definition) is 3. The molecule has 1 atom stereocenters. The van der Waals surface area contributed by atoms with Crippen LogP contribution in [0.25, 0.3) is 0 Å². The van der Waals surface area contributed by atoms with E-state index in [-0.39, 0.29) is 17.6 Å². The normalized spacial score (nSPS) is 12.7. The lowest BCUT2D eigenvalue weighted by molar-refractivity contribution is 0.449. The lowest BCUT2D eigenvalue weighted by Gasteiger charge is -2.15. The number of phenolic OH excluding ortho intramolecular Hbond substituents is 1. The number of thioether (sulfide) groups is 1. The summed E-state index contributed by atoms with van der Waals surface area (Å²) in [6.45, 7) is 2.80. The number of aromatic hydroxyl groups is 1. The Morgan fingerprint density at radius 2 is 2.25 bits per heavy atom. The summed E-state index contributed by atoms with van der Waals surface area (Å²) in [5.74, 6) is 0.936. The van der Waals surface area contributed by atoms with E-state index in [1.807, 2.05) is 6.92 Å². The van der Waals surface area contributed by atoms with E-state index in [1.54, 1.807) is 11.8 Å². The Hall–Kier alpha value is -0.740. The van der Waals surface area contributed by atoms with Crippen molar-refractivity contribution in [2.24, 2.45) is 0 Å². The van der Waals surface area contributed by atoms with Crippen LogP contribution < -0.4 is 5.32 Å². The zero-order chi connectivity index (χ0) is 12.0. The summed E-state index contributed by atoms with van der Waals surface area (Å²) in [6.07, 6.45) is 3.14. The van der Waals surface area contributed by atoms with Crippen molar-refractivity contribution in [2.75, 3.05) is 18.6 Å². The number of phenols is 1. The number of nitrogens with one attached hydrogen (secondary N) is 1. The first-order chi connectivity index (χ1) is 7.65. The molecule has 2 nitrogen and oxygen atoms in total. The summed E-state index contributed by atoms with van der Waals surface area (Å²) < 4.78 is 13.0. The van der Waals surface area contributed by atoms with E-state index < -0.39 is 0 Å². The van der Waals surface area contributed by atoms with Gasteiger partial charge in [0.2, 0.25) is 0 Å². The second-order valence-electron chi connectivity index (χ2n) is 3.73. The summed E-state index contributed by atoms with van der Waals surface area (Å²) in [4.78, 5) is 0. The van der Waals surface area contributed by atoms with Gasteiger partial charge < -0.3 is 10.4 Å². The highest BCUT2D eigenvalue weighted by molar-refractivity contribution is 7.98. The van der Waals surface area contributed by atoms with Crippen LogP contribution >= 0.6 is 11.8 Å². The Labute approximate surface area is 100 Å². The standard InChI is InChI=1S/C12H18FNOS/c1-9(14-6-3-7-16-2)11-8-10(13)4-5-12(11)15/h4-5,8-9,14-15H,3,6-7H2,1-2H3. The van der Waals surface area contributed by atoms with Gasteiger partial charge >= 0.3 is 0 Å². The first kappa shape index (κ1) is 13.3. The van der Waals surface area contributed by atoms with Crippen molar-refractivity contribution in [3.8, 4) is 5.75 Å². The molecule has 0 heterocycles. The summed E-state index contributed by atoms with van der Waals surface area (Å²) in [6, 6.07) is 4.00. The van der Waals surface area contributed by atoms with Gasteiger partial charge in [-0.2, -0.15) is 11.8 Å². The minimum Gasteiger partial charge on any atom is -0.508 e. The van der Waals surface area contributed by atoms with Crippen molar-refractivity contribution in [1.29, 1.82) is 0 Å². The van der Waals surface area contributed by atoms with Crippen LogP contribution in [-0.2, 0) is 0 Å². The largest absolute Gasteiger partial charge is 0.508 e. The van der Waals surface area contributed by atoms with Crippen LogP contribution in [0.4, 0.5) is 4.39 Å². The van der Waals surface area contributed by atoms with Crippen LogP contribution in [0.15, 0.2) is 18.2 Å². The van der Waals surface area contributed by atoms with Crippen molar-refractivity contribution < 1.29 is 9.50 Å². The summed E-state index contributed by atoms with van der Waals surface area (Å²) in [5, 5.41) is 12.9. The predicted molar refractivity (Wildman–Crippen MR) is 67.5 cm³/mol. The number of hydrogen-bond donors (Lipinski definition) is 2. The molecule has 0 saturated carbocycles. The van der Waals surface area contributed by atoms with Crippen LogP contribution in [0.2, 0.25) is 0 Å². The van der Waals surface area contributed by atoms with Gasteiger partial charge in [0.05, 0.1) is 0 Å². The van der Waals surface area contributed by atoms with Gasteiger partial charge in [-0.3, -0.25) is 0 Å². The van der Waals surface area contributed by atoms with E-state index in [1.165, 1.54) is 18.2 Å². The molecular formula is C12H18FNOS. The molecule has 16 heavy (non-hydrogen) atoms. The monoisotopic (exact) mass is 243 g/mol. The van der Waals surface area contributed by atoms with Crippen molar-refractivity contribution in [3.05, 3.63) is 29.6 Å². The zero-order valence-electron chi connectivity index (χ0n) is 9.66. The maximum atomic E-state index is 13.0. The quantitative estimate of drug-likeness (QED) is 0.753. The molecule has 0 aromatic heterocycles. The Morgan fingerprint density at radius 3 is 2.94 bits per heavy atom. The van der Waals surface area contributed by atoms with Crippen molar-refractivity contribution in [3.63, 3.8) is 0 Å². The molecule has 1 aromatic rings. The molecule has 0 aliphatic carbocycles. The molecule has 1 rings (SSSR count). The van der Waals surface area contributed by atoms with Crippen molar-refractivity contribution in [2.45, 2.75) is 19.4 Å². The predicted octanol–water partition coefficient (Wildman–Crippen LogP) is 2.94. The van der Waals surface area contributed by atoms with E-state index in [4.69, 9.17) is 0 Å². The number of rotatable bonds is 6. The van der Waals surface area contributed by atoms with E-state index in [0.29, 0.717) is 5.56 Å². The first-order valence-corrected chi connectivity index (χ1v) is 6.75. The number of benzene rings is 1. The molecule has 0 amide bonds. The second-order valence-corrected chi connectivity index (χ2v) is 4.71. The molecule has 0 bridgehead atoms. The molecule has 1 unspecified atom stereocenters. The average Bonchev–Trinajstić information content (AvgIpc) is 2.27. The van der Waals surface area contributed by atoms with E-state index >= 15 is 0 Å². The Balaban J connectivity index is 2.51. The summed E-state index contributed by atoms with van der Waals surface area (Å²) in [5.41, 5.74) is 0.615. The zero-order valence-corrected chi connectivity index (χ0v) is 10.5. The SMILES string of the molecule is CSCCCNC(C)c1cc(F)ccc1O. The highest BCUT2D eigenvalue weighted by Gasteiger charge is 2.10. The maximum Gasteiger partial charge on any atom is 0.123 e. The third kappa shape index (κ3) is 4.02. The lowest BCUT2D eigenvalue weighted by atomic mass is 10.1. The molecule has 4 heteroatoms. The smallest absolute Gasteiger partial charge is 0.123 e. The molecule has 0 spiro atoms. The van der Waals surface area contributed by atoms with Crippen LogP contribution in [0, 0.1) is 5.82 Å². The van der Waals surface area contributed by atoms with Crippen LogP contribution in [0.1, 0.15) is 24.9 Å². The Kier molecular flexibility index (Phi) is 5.63. The van der Waals surface area contributed by atoms with Crippen molar-refractivity contribution in [1.82, 2.24) is 5.32 Å². The van der Waals surface area contributed by atoms with Gasteiger partial charge in [-0.25, -0.2) is 4.39 Å². The lowest BCUT2D eigenvalue weighted by Crippen LogP contribution is -2.20. The Bertz CT molecular complexity index is 333. The molecule has 90 valence electrons. The fraction of sp³-hybridized carbons (Fsp3) is 0.500. The van der Waals surface area contributed by atoms with Gasteiger partial charge in [0.15, 0.2) is 0 Å². The van der Waals surface area contributed by atoms with Crippen LogP contribution in [0.3, 0.4) is 0 Å². The molecule has 0 aliphatic rings. The van der Waals surface area contributed by atoms with Crippen molar-refractivity contribution >= 4 is 11.8 Å². The maximum absolute atomic E-state index is 13.0. The molecule has 0 fully saturated rings. The summed E-state index contributed by atoms with van der Waals surface area (Å²) >= 11 is 1.81. The molecular weight excluding hydrogens is 225 g/mol. The minimum absolute atomic E-state index is 0.0300. The van der Waals surface area contributed by atoms with E-state index in [9.17, 15) is 9.50 Å². The number of halogens is 1. The van der Waals surface area contributed by atoms with Crippen LogP contribution in [0.5, 0.6) is 5.75 Å². The highest BCUT2D eigenvalue weighted by atomic mass is 32.2. The molecule has 0 radical (unpaired) electrons. The average molecular weight is 243 g/mol. The van der Waals surface area contributed by atoms with Gasteiger partial charge in [-0.1, -0.05) is 0 Å². The fourth-order valence-electron chi connectivity index (χ4n) is 1.52. The minimum atomic E-state index is -0.314. The second kappa shape index (κ2) is 6.76. The third-order valence-electron chi connectivity index (χ3n) is 2.43. The van der Waals surface area contributed by atoms with Crippen LogP contribution in [-0.4, -0.2) is 23.7 Å². The summed E-state index contributed by atoms with van der Waals surface area (Å²) in [7, 11) is 0. The fourth-order valence-corrected chi connectivity index (χ4v) is 1.95. The van der Waals surface area contributed by atoms with E-state index in [0.717, 1.165) is 18.7 Å². The van der Waals surface area contributed by atoms with E-state index in [2.05, 4.69) is 11.6 Å². The molecule has 0 aliphatic heterocycles.